The van der Waals surface area contributed by atoms with Crippen molar-refractivity contribution in [3.63, 3.8) is 0 Å². The molecule has 0 aromatic heterocycles. The Hall–Kier alpha value is -2.44. The zero-order chi connectivity index (χ0) is 16.7. The molecule has 0 unspecified atom stereocenters. The van der Waals surface area contributed by atoms with Crippen molar-refractivity contribution in [2.24, 2.45) is 0 Å². The average Bonchev–Trinajstić information content (AvgIpc) is 2.50. The van der Waals surface area contributed by atoms with E-state index in [1.807, 2.05) is 6.07 Å². The number of rotatable bonds is 5. The first-order valence-electron chi connectivity index (χ1n) is 6.21. The Morgan fingerprint density at radius 3 is 2.68 bits per heavy atom. The summed E-state index contributed by atoms with van der Waals surface area (Å²) >= 11 is 3.37. The highest BCUT2D eigenvalue weighted by atomic mass is 79.9. The molecule has 1 aromatic carbocycles. The molecule has 0 aliphatic heterocycles. The van der Waals surface area contributed by atoms with E-state index < -0.39 is 0 Å². The molecule has 0 aliphatic rings. The average molecular weight is 363 g/mol. The summed E-state index contributed by atoms with van der Waals surface area (Å²) in [4.78, 5) is 13.2. The summed E-state index contributed by atoms with van der Waals surface area (Å²) in [6, 6.07) is 5.27. The summed E-state index contributed by atoms with van der Waals surface area (Å²) in [6.45, 7) is 0.104. The molecule has 5 nitrogen and oxygen atoms in total. The molecule has 1 aromatic rings. The van der Waals surface area contributed by atoms with Crippen molar-refractivity contribution in [2.75, 3.05) is 27.8 Å². The Balaban J connectivity index is 3.28. The number of hydrogen-bond acceptors (Lipinski definition) is 4. The lowest BCUT2D eigenvalue weighted by molar-refractivity contribution is -0.124. The Morgan fingerprint density at radius 1 is 1.50 bits per heavy atom. The highest BCUT2D eigenvalue weighted by Crippen LogP contribution is 2.37. The normalized spacial score (nSPS) is 10.4. The summed E-state index contributed by atoms with van der Waals surface area (Å²) < 4.78 is 11.3. The quantitative estimate of drug-likeness (QED) is 0.458. The Labute approximate surface area is 138 Å². The molecule has 6 heteroatoms. The van der Waals surface area contributed by atoms with E-state index in [4.69, 9.17) is 21.2 Å². The van der Waals surface area contributed by atoms with Crippen LogP contribution in [-0.2, 0) is 4.79 Å². The van der Waals surface area contributed by atoms with E-state index in [9.17, 15) is 4.79 Å². The summed E-state index contributed by atoms with van der Waals surface area (Å²) in [5.74, 6) is 2.92. The number of methoxy groups -OCH3 is 1. The second kappa shape index (κ2) is 8.11. The zero-order valence-corrected chi connectivity index (χ0v) is 14.1. The van der Waals surface area contributed by atoms with Crippen LogP contribution in [0.3, 0.4) is 0 Å². The van der Waals surface area contributed by atoms with Crippen LogP contribution in [0.25, 0.3) is 6.08 Å². The first-order chi connectivity index (χ1) is 10.4. The van der Waals surface area contributed by atoms with Gasteiger partial charge in [-0.2, -0.15) is 5.26 Å². The molecule has 0 N–H and O–H groups in total. The lowest BCUT2D eigenvalue weighted by Crippen LogP contribution is -2.22. The Kier molecular flexibility index (Phi) is 6.49. The van der Waals surface area contributed by atoms with Crippen molar-refractivity contribution in [1.82, 2.24) is 4.90 Å². The van der Waals surface area contributed by atoms with Crippen LogP contribution in [0, 0.1) is 23.7 Å². The van der Waals surface area contributed by atoms with Crippen molar-refractivity contribution in [1.29, 1.82) is 5.26 Å². The minimum atomic E-state index is -0.370. The summed E-state index contributed by atoms with van der Waals surface area (Å²) in [7, 11) is 4.66. The van der Waals surface area contributed by atoms with E-state index >= 15 is 0 Å². The fourth-order valence-corrected chi connectivity index (χ4v) is 2.20. The Morgan fingerprint density at radius 2 is 2.18 bits per heavy atom. The molecule has 0 saturated heterocycles. The van der Waals surface area contributed by atoms with Gasteiger partial charge in [0.1, 0.15) is 18.2 Å². The number of carbonyl (C=O) groups is 1. The maximum atomic E-state index is 11.9. The smallest absolute Gasteiger partial charge is 0.264 e. The van der Waals surface area contributed by atoms with E-state index in [2.05, 4.69) is 21.9 Å². The molecule has 0 heterocycles. The van der Waals surface area contributed by atoms with Crippen molar-refractivity contribution in [3.05, 3.63) is 27.7 Å². The second-order valence-corrected chi connectivity index (χ2v) is 5.25. The molecular formula is C16H15BrN2O3. The van der Waals surface area contributed by atoms with Crippen LogP contribution in [0.15, 0.2) is 22.2 Å². The van der Waals surface area contributed by atoms with Gasteiger partial charge in [0.2, 0.25) is 0 Å². The molecule has 0 saturated carbocycles. The van der Waals surface area contributed by atoms with Crippen molar-refractivity contribution in [3.8, 4) is 29.9 Å². The van der Waals surface area contributed by atoms with Gasteiger partial charge in [-0.1, -0.05) is 5.92 Å². The Bertz CT molecular complexity index is 682. The predicted molar refractivity (Wildman–Crippen MR) is 87.3 cm³/mol. The topological polar surface area (TPSA) is 62.6 Å². The zero-order valence-electron chi connectivity index (χ0n) is 12.5. The number of benzene rings is 1. The minimum absolute atomic E-state index is 0.0243. The lowest BCUT2D eigenvalue weighted by atomic mass is 10.1. The van der Waals surface area contributed by atoms with Gasteiger partial charge < -0.3 is 14.4 Å². The van der Waals surface area contributed by atoms with Crippen molar-refractivity contribution in [2.45, 2.75) is 0 Å². The van der Waals surface area contributed by atoms with Crippen LogP contribution in [0.4, 0.5) is 0 Å². The number of nitriles is 1. The molecule has 0 radical (unpaired) electrons. The van der Waals surface area contributed by atoms with Gasteiger partial charge in [0.05, 0.1) is 11.6 Å². The number of carbonyl (C=O) groups excluding carboxylic acids is 1. The number of ether oxygens (including phenoxy) is 2. The molecule has 1 rings (SSSR count). The number of nitrogens with zero attached hydrogens (tertiary/aromatic N) is 2. The molecule has 114 valence electrons. The van der Waals surface area contributed by atoms with Crippen LogP contribution < -0.4 is 9.47 Å². The third kappa shape index (κ3) is 4.28. The van der Waals surface area contributed by atoms with Gasteiger partial charge >= 0.3 is 0 Å². The van der Waals surface area contributed by atoms with E-state index in [-0.39, 0.29) is 18.1 Å². The molecule has 0 atom stereocenters. The number of halogens is 1. The molecule has 1 amide bonds. The standard InChI is InChI=1S/C16H15BrN2O3/c1-5-6-22-15-13(17)8-11(9-14(15)21-4)7-12(10-18)16(20)19(2)3/h1,7-9H,6H2,2-4H3/b12-7-. The van der Waals surface area contributed by atoms with Gasteiger partial charge in [-0.05, 0) is 39.7 Å². The lowest BCUT2D eigenvalue weighted by Gasteiger charge is -2.12. The fraction of sp³-hybridized carbons (Fsp3) is 0.250. The number of hydrogen-bond donors (Lipinski definition) is 0. The third-order valence-corrected chi connectivity index (χ3v) is 3.21. The van der Waals surface area contributed by atoms with Gasteiger partial charge in [-0.25, -0.2) is 0 Å². The fourth-order valence-electron chi connectivity index (χ4n) is 1.63. The highest BCUT2D eigenvalue weighted by molar-refractivity contribution is 9.10. The van der Waals surface area contributed by atoms with E-state index in [0.29, 0.717) is 21.5 Å². The van der Waals surface area contributed by atoms with Crippen molar-refractivity contribution < 1.29 is 14.3 Å². The van der Waals surface area contributed by atoms with E-state index in [0.717, 1.165) is 0 Å². The minimum Gasteiger partial charge on any atom is -0.493 e. The maximum Gasteiger partial charge on any atom is 0.264 e. The first kappa shape index (κ1) is 17.6. The molecule has 0 aliphatic carbocycles. The maximum absolute atomic E-state index is 11.9. The summed E-state index contributed by atoms with van der Waals surface area (Å²) in [6.07, 6.45) is 6.66. The number of terminal acetylenes is 1. The molecule has 0 spiro atoms. The SMILES string of the molecule is C#CCOc1c(Br)cc(/C=C(/C#N)C(=O)N(C)C)cc1OC. The van der Waals surface area contributed by atoms with Gasteiger partial charge in [-0.3, -0.25) is 4.79 Å². The largest absolute Gasteiger partial charge is 0.493 e. The summed E-state index contributed by atoms with van der Waals surface area (Å²) in [5, 5.41) is 9.12. The van der Waals surface area contributed by atoms with Gasteiger partial charge in [0.15, 0.2) is 11.5 Å². The molecule has 0 bridgehead atoms. The van der Waals surface area contributed by atoms with E-state index in [1.165, 1.54) is 18.1 Å². The number of amides is 1. The first-order valence-corrected chi connectivity index (χ1v) is 7.01. The van der Waals surface area contributed by atoms with Crippen LogP contribution in [-0.4, -0.2) is 38.6 Å². The molecular weight excluding hydrogens is 348 g/mol. The highest BCUT2D eigenvalue weighted by Gasteiger charge is 2.14. The van der Waals surface area contributed by atoms with Gasteiger partial charge in [-0.15, -0.1) is 6.42 Å². The van der Waals surface area contributed by atoms with Gasteiger partial charge in [0.25, 0.3) is 5.91 Å². The van der Waals surface area contributed by atoms with Gasteiger partial charge in [0, 0.05) is 14.1 Å². The van der Waals surface area contributed by atoms with E-state index in [1.54, 1.807) is 26.2 Å². The molecule has 0 fully saturated rings. The summed E-state index contributed by atoms with van der Waals surface area (Å²) in [5.41, 5.74) is 0.653. The number of likely N-dealkylation sites (N-methyl/N-ethyl adjacent to an activating group) is 1. The monoisotopic (exact) mass is 362 g/mol. The van der Waals surface area contributed by atoms with Crippen LogP contribution in [0.1, 0.15) is 5.56 Å². The van der Waals surface area contributed by atoms with Crippen LogP contribution in [0.2, 0.25) is 0 Å². The third-order valence-electron chi connectivity index (χ3n) is 2.62. The van der Waals surface area contributed by atoms with Crippen molar-refractivity contribution >= 4 is 27.9 Å². The second-order valence-electron chi connectivity index (χ2n) is 4.40. The van der Waals surface area contributed by atoms with Crippen LogP contribution >= 0.6 is 15.9 Å². The van der Waals surface area contributed by atoms with Crippen LogP contribution in [0.5, 0.6) is 11.5 Å². The predicted octanol–water partition coefficient (Wildman–Crippen LogP) is 2.46. The molecule has 22 heavy (non-hydrogen) atoms.